The molecular weight excluding hydrogens is 421 g/mol. The highest BCUT2D eigenvalue weighted by molar-refractivity contribution is 5.81. The van der Waals surface area contributed by atoms with Crippen LogP contribution in [0.15, 0.2) is 64.1 Å². The number of hydrogen-bond acceptors (Lipinski definition) is 4. The van der Waals surface area contributed by atoms with Gasteiger partial charge in [-0.2, -0.15) is 4.99 Å². The minimum atomic E-state index is -0.451. The Labute approximate surface area is 192 Å². The number of rotatable bonds is 4. The van der Waals surface area contributed by atoms with Crippen LogP contribution in [0.3, 0.4) is 0 Å². The predicted octanol–water partition coefficient (Wildman–Crippen LogP) is 3.92. The monoisotopic (exact) mass is 449 g/mol. The number of guanidine groups is 1. The third-order valence-electron chi connectivity index (χ3n) is 6.20. The molecule has 3 aromatic rings. The lowest BCUT2D eigenvalue weighted by molar-refractivity contribution is -0.130. The average Bonchev–Trinajstić information content (AvgIpc) is 3.29. The van der Waals surface area contributed by atoms with Crippen LogP contribution < -0.4 is 5.73 Å². The molecule has 8 heteroatoms. The van der Waals surface area contributed by atoms with Crippen molar-refractivity contribution < 1.29 is 13.7 Å². The van der Waals surface area contributed by atoms with E-state index in [1.54, 1.807) is 30.0 Å². The molecule has 1 saturated heterocycles. The number of amides is 1. The Morgan fingerprint density at radius 1 is 1.06 bits per heavy atom. The first-order valence-corrected chi connectivity index (χ1v) is 10.9. The molecule has 2 aromatic carbocycles. The maximum absolute atomic E-state index is 14.1. The summed E-state index contributed by atoms with van der Waals surface area (Å²) in [5, 5.41) is 4.22. The smallest absolute Gasteiger partial charge is 0.253 e. The molecule has 0 spiro atoms. The van der Waals surface area contributed by atoms with Gasteiger partial charge in [-0.25, -0.2) is 4.39 Å². The summed E-state index contributed by atoms with van der Waals surface area (Å²) in [6, 6.07) is 16.3. The molecular formula is C25H28FN5O2. The number of nitrogens with zero attached hydrogens (tertiary/aromatic N) is 4. The van der Waals surface area contributed by atoms with Crippen LogP contribution in [0.4, 0.5) is 10.3 Å². The topological polar surface area (TPSA) is 88.0 Å². The number of carbonyl (C=O) groups excluding carboxylic acids is 1. The molecule has 0 saturated carbocycles. The van der Waals surface area contributed by atoms with Crippen molar-refractivity contribution in [2.75, 3.05) is 26.2 Å². The van der Waals surface area contributed by atoms with Gasteiger partial charge in [-0.15, -0.1) is 0 Å². The van der Waals surface area contributed by atoms with Gasteiger partial charge in [0.1, 0.15) is 5.82 Å². The van der Waals surface area contributed by atoms with Crippen molar-refractivity contribution in [2.24, 2.45) is 10.7 Å². The van der Waals surface area contributed by atoms with E-state index in [9.17, 15) is 9.18 Å². The second kappa shape index (κ2) is 9.05. The van der Waals surface area contributed by atoms with E-state index in [-0.39, 0.29) is 11.7 Å². The Morgan fingerprint density at radius 2 is 1.70 bits per heavy atom. The summed E-state index contributed by atoms with van der Waals surface area (Å²) >= 11 is 0. The normalized spacial score (nSPS) is 15.1. The number of benzene rings is 2. The molecule has 4 rings (SSSR count). The fraction of sp³-hybridized carbons (Fsp3) is 0.320. The quantitative estimate of drug-likeness (QED) is 0.482. The molecule has 0 atom stereocenters. The third kappa shape index (κ3) is 4.74. The molecule has 0 aliphatic carbocycles. The van der Waals surface area contributed by atoms with Gasteiger partial charge in [0.05, 0.1) is 5.69 Å². The van der Waals surface area contributed by atoms with E-state index < -0.39 is 5.41 Å². The number of nitrogens with two attached hydrogens (primary N) is 1. The van der Waals surface area contributed by atoms with Gasteiger partial charge in [0.15, 0.2) is 5.96 Å². The first-order chi connectivity index (χ1) is 15.8. The van der Waals surface area contributed by atoms with Crippen molar-refractivity contribution in [3.8, 4) is 11.1 Å². The Morgan fingerprint density at radius 3 is 2.33 bits per heavy atom. The molecule has 172 valence electrons. The maximum Gasteiger partial charge on any atom is 0.253 e. The van der Waals surface area contributed by atoms with Crippen molar-refractivity contribution in [2.45, 2.75) is 26.2 Å². The number of aromatic nitrogens is 1. The minimum Gasteiger partial charge on any atom is -0.369 e. The van der Waals surface area contributed by atoms with Gasteiger partial charge in [-0.3, -0.25) is 4.79 Å². The summed E-state index contributed by atoms with van der Waals surface area (Å²) in [7, 11) is 0. The molecule has 2 N–H and O–H groups in total. The van der Waals surface area contributed by atoms with Crippen molar-refractivity contribution in [1.29, 1.82) is 0 Å². The van der Waals surface area contributed by atoms with Gasteiger partial charge in [-0.1, -0.05) is 61.5 Å². The van der Waals surface area contributed by atoms with Crippen LogP contribution in [-0.2, 0) is 10.2 Å². The zero-order valence-corrected chi connectivity index (χ0v) is 19.1. The lowest BCUT2D eigenvalue weighted by Gasteiger charge is -2.34. The molecule has 2 heterocycles. The van der Waals surface area contributed by atoms with Gasteiger partial charge >= 0.3 is 0 Å². The highest BCUT2D eigenvalue weighted by atomic mass is 19.1. The van der Waals surface area contributed by atoms with E-state index in [4.69, 9.17) is 10.3 Å². The predicted molar refractivity (Wildman–Crippen MR) is 126 cm³/mol. The lowest BCUT2D eigenvalue weighted by Crippen LogP contribution is -2.52. The summed E-state index contributed by atoms with van der Waals surface area (Å²) < 4.78 is 19.5. The first kappa shape index (κ1) is 22.5. The lowest BCUT2D eigenvalue weighted by atomic mass is 9.81. The second-order valence-corrected chi connectivity index (χ2v) is 8.70. The highest BCUT2D eigenvalue weighted by Crippen LogP contribution is 2.34. The van der Waals surface area contributed by atoms with Crippen LogP contribution in [0.2, 0.25) is 0 Å². The average molecular weight is 450 g/mol. The molecule has 1 amide bonds. The van der Waals surface area contributed by atoms with Crippen LogP contribution in [0.5, 0.6) is 0 Å². The summed E-state index contributed by atoms with van der Waals surface area (Å²) in [5.74, 6) is 0.485. The number of carbonyl (C=O) groups is 1. The largest absolute Gasteiger partial charge is 0.369 e. The van der Waals surface area contributed by atoms with Crippen LogP contribution in [0, 0.1) is 5.82 Å². The van der Waals surface area contributed by atoms with Gasteiger partial charge < -0.3 is 20.1 Å². The molecule has 1 aliphatic heterocycles. The number of piperazine rings is 1. The van der Waals surface area contributed by atoms with Crippen LogP contribution >= 0.6 is 0 Å². The Kier molecular flexibility index (Phi) is 6.18. The van der Waals surface area contributed by atoms with Gasteiger partial charge in [0.25, 0.3) is 5.88 Å². The van der Waals surface area contributed by atoms with Gasteiger partial charge in [-0.05, 0) is 17.2 Å². The van der Waals surface area contributed by atoms with E-state index >= 15 is 0 Å². The Bertz CT molecular complexity index is 1160. The first-order valence-electron chi connectivity index (χ1n) is 10.9. The van der Waals surface area contributed by atoms with Crippen LogP contribution in [-0.4, -0.2) is 53.0 Å². The van der Waals surface area contributed by atoms with Crippen molar-refractivity contribution in [3.05, 3.63) is 71.7 Å². The molecule has 0 radical (unpaired) electrons. The fourth-order valence-corrected chi connectivity index (χ4v) is 3.96. The summed E-state index contributed by atoms with van der Waals surface area (Å²) in [6.45, 7) is 8.12. The molecule has 0 unspecified atom stereocenters. The summed E-state index contributed by atoms with van der Waals surface area (Å²) in [5.41, 5.74) is 8.83. The van der Waals surface area contributed by atoms with E-state index in [0.717, 1.165) is 11.1 Å². The Balaban J connectivity index is 1.49. The molecule has 33 heavy (non-hydrogen) atoms. The van der Waals surface area contributed by atoms with E-state index in [2.05, 4.69) is 10.1 Å². The number of aliphatic imine (C=N–C) groups is 1. The van der Waals surface area contributed by atoms with E-state index in [1.807, 2.05) is 49.1 Å². The molecule has 1 fully saturated rings. The molecule has 1 aromatic heterocycles. The minimum absolute atomic E-state index is 0.0641. The van der Waals surface area contributed by atoms with E-state index in [0.29, 0.717) is 49.3 Å². The summed E-state index contributed by atoms with van der Waals surface area (Å²) in [6.07, 6.45) is 0. The molecule has 7 nitrogen and oxygen atoms in total. The van der Waals surface area contributed by atoms with Crippen molar-refractivity contribution in [3.63, 3.8) is 0 Å². The second-order valence-electron chi connectivity index (χ2n) is 8.70. The van der Waals surface area contributed by atoms with Crippen LogP contribution in [0.1, 0.15) is 32.0 Å². The zero-order chi connectivity index (χ0) is 23.6. The maximum atomic E-state index is 14.1. The van der Waals surface area contributed by atoms with Gasteiger partial charge in [0, 0.05) is 50.1 Å². The van der Waals surface area contributed by atoms with Crippen LogP contribution in [0.25, 0.3) is 11.1 Å². The summed E-state index contributed by atoms with van der Waals surface area (Å²) in [4.78, 5) is 19.6. The standard InChI is InChI=1S/C25H28FN5O2/c1-17(32)30-12-14-31(15-13-30)24(27)28-23-16-22(29-33-23)25(2,3)19-10-8-18(9-11-19)20-6-4-5-7-21(20)26/h4-11,16H,12-15H2,1-3H3,(H2,27,28). The highest BCUT2D eigenvalue weighted by Gasteiger charge is 2.28. The zero-order valence-electron chi connectivity index (χ0n) is 19.1. The Hall–Kier alpha value is -3.68. The third-order valence-corrected chi connectivity index (χ3v) is 6.20. The number of hydrogen-bond donors (Lipinski definition) is 1. The SMILES string of the molecule is CC(=O)N1CCN(C(N)=Nc2cc(C(C)(C)c3ccc(-c4ccccc4F)cc3)no2)CC1. The van der Waals surface area contributed by atoms with Crippen molar-refractivity contribution in [1.82, 2.24) is 15.0 Å². The van der Waals surface area contributed by atoms with E-state index in [1.165, 1.54) is 6.07 Å². The van der Waals surface area contributed by atoms with Gasteiger partial charge in [0.2, 0.25) is 5.91 Å². The fourth-order valence-electron chi connectivity index (χ4n) is 3.96. The molecule has 0 bridgehead atoms. The number of halogens is 1. The van der Waals surface area contributed by atoms with Crippen molar-refractivity contribution >= 4 is 17.8 Å². The molecule has 1 aliphatic rings.